The van der Waals surface area contributed by atoms with E-state index in [4.69, 9.17) is 0 Å². The second kappa shape index (κ2) is 7.70. The van der Waals surface area contributed by atoms with Gasteiger partial charge in [-0.3, -0.25) is 14.4 Å². The lowest BCUT2D eigenvalue weighted by atomic mass is 9.99. The van der Waals surface area contributed by atoms with Crippen LogP contribution in [0.3, 0.4) is 0 Å². The Kier molecular flexibility index (Phi) is 5.40. The average molecular weight is 333 g/mol. The first-order valence-corrected chi connectivity index (χ1v) is 9.00. The van der Waals surface area contributed by atoms with Crippen molar-refractivity contribution in [3.8, 4) is 0 Å². The van der Waals surface area contributed by atoms with E-state index in [-0.39, 0.29) is 11.9 Å². The van der Waals surface area contributed by atoms with Crippen LogP contribution in [0.5, 0.6) is 0 Å². The van der Waals surface area contributed by atoms with Crippen molar-refractivity contribution in [2.45, 2.75) is 51.4 Å². The van der Waals surface area contributed by atoms with E-state index in [1.54, 1.807) is 24.0 Å². The number of nitrogens with zero attached hydrogens (tertiary/aromatic N) is 4. The molecule has 0 aromatic carbocycles. The normalized spacial score (nSPS) is 20.3. The van der Waals surface area contributed by atoms with Crippen molar-refractivity contribution in [3.05, 3.63) is 35.0 Å². The average Bonchev–Trinajstić information content (AvgIpc) is 3.26. The molecule has 1 fully saturated rings. The van der Waals surface area contributed by atoms with Crippen molar-refractivity contribution in [2.24, 2.45) is 0 Å². The number of piperidine rings is 1. The zero-order valence-corrected chi connectivity index (χ0v) is 14.2. The van der Waals surface area contributed by atoms with Crippen LogP contribution < -0.4 is 5.32 Å². The number of nitrogens with one attached hydrogen (secondary N) is 1. The van der Waals surface area contributed by atoms with Crippen LogP contribution in [0, 0.1) is 0 Å². The minimum Gasteiger partial charge on any atom is -0.350 e. The molecular weight excluding hydrogens is 310 g/mol. The van der Waals surface area contributed by atoms with Gasteiger partial charge in [-0.05, 0) is 37.8 Å². The number of carbonyl (C=O) groups excluding carboxylic acids is 1. The van der Waals surface area contributed by atoms with Crippen molar-refractivity contribution in [2.75, 3.05) is 6.54 Å². The van der Waals surface area contributed by atoms with E-state index in [0.717, 1.165) is 25.9 Å². The number of hydrogen-bond donors (Lipinski definition) is 1. The predicted octanol–water partition coefficient (Wildman–Crippen LogP) is 1.90. The maximum Gasteiger partial charge on any atom is 0.237 e. The highest BCUT2D eigenvalue weighted by atomic mass is 32.1. The minimum absolute atomic E-state index is 0.101. The standard InChI is InChI=1S/C16H23N5OS/c1-13(16(22)18-9-15-6-4-8-23-15)21-7-3-2-5-14(21)10-20-12-17-11-19-20/h4,6,8,11-14H,2-3,5,7,9-10H2,1H3,(H,18,22)/t13-,14-/m0/s1. The Bertz CT molecular complexity index is 598. The van der Waals surface area contributed by atoms with Gasteiger partial charge in [0.15, 0.2) is 0 Å². The Balaban J connectivity index is 1.58. The molecule has 0 bridgehead atoms. The van der Waals surface area contributed by atoms with Gasteiger partial charge in [0.05, 0.1) is 19.1 Å². The molecule has 1 saturated heterocycles. The summed E-state index contributed by atoms with van der Waals surface area (Å²) in [6, 6.07) is 4.27. The summed E-state index contributed by atoms with van der Waals surface area (Å²) in [7, 11) is 0. The Morgan fingerprint density at radius 3 is 3.17 bits per heavy atom. The maximum absolute atomic E-state index is 12.5. The first kappa shape index (κ1) is 16.1. The fraction of sp³-hybridized carbons (Fsp3) is 0.562. The number of thiophene rings is 1. The third-order valence-electron chi connectivity index (χ3n) is 4.43. The molecule has 1 amide bonds. The molecule has 7 heteroatoms. The predicted molar refractivity (Wildman–Crippen MR) is 90.0 cm³/mol. The summed E-state index contributed by atoms with van der Waals surface area (Å²) in [4.78, 5) is 20.0. The van der Waals surface area contributed by atoms with Gasteiger partial charge in [0.1, 0.15) is 12.7 Å². The number of carbonyl (C=O) groups is 1. The largest absolute Gasteiger partial charge is 0.350 e. The zero-order chi connectivity index (χ0) is 16.1. The molecule has 2 aromatic heterocycles. The van der Waals surface area contributed by atoms with Crippen LogP contribution in [0.4, 0.5) is 0 Å². The van der Waals surface area contributed by atoms with Crippen LogP contribution >= 0.6 is 11.3 Å². The van der Waals surface area contributed by atoms with Crippen LogP contribution in [0.25, 0.3) is 0 Å². The molecule has 2 atom stereocenters. The van der Waals surface area contributed by atoms with Gasteiger partial charge >= 0.3 is 0 Å². The van der Waals surface area contributed by atoms with Crippen LogP contribution in [0.2, 0.25) is 0 Å². The molecule has 0 saturated carbocycles. The molecule has 0 aliphatic carbocycles. The molecule has 2 aromatic rings. The van der Waals surface area contributed by atoms with Crippen molar-refractivity contribution in [1.82, 2.24) is 25.0 Å². The Hall–Kier alpha value is -1.73. The Morgan fingerprint density at radius 1 is 1.52 bits per heavy atom. The molecule has 0 unspecified atom stereocenters. The Labute approximate surface area is 140 Å². The van der Waals surface area contributed by atoms with Crippen LogP contribution in [-0.4, -0.2) is 44.2 Å². The van der Waals surface area contributed by atoms with Crippen molar-refractivity contribution in [3.63, 3.8) is 0 Å². The SMILES string of the molecule is C[C@@H](C(=O)NCc1cccs1)N1CCCC[C@H]1Cn1cncn1. The smallest absolute Gasteiger partial charge is 0.237 e. The highest BCUT2D eigenvalue weighted by molar-refractivity contribution is 7.09. The Morgan fingerprint density at radius 2 is 2.43 bits per heavy atom. The van der Waals surface area contributed by atoms with Gasteiger partial charge in [0.25, 0.3) is 0 Å². The lowest BCUT2D eigenvalue weighted by molar-refractivity contribution is -0.127. The van der Waals surface area contributed by atoms with E-state index in [9.17, 15) is 4.79 Å². The van der Waals surface area contributed by atoms with Crippen LogP contribution in [-0.2, 0) is 17.9 Å². The van der Waals surface area contributed by atoms with E-state index < -0.39 is 0 Å². The first-order valence-electron chi connectivity index (χ1n) is 8.12. The van der Waals surface area contributed by atoms with Crippen LogP contribution in [0.1, 0.15) is 31.1 Å². The number of hydrogen-bond acceptors (Lipinski definition) is 5. The topological polar surface area (TPSA) is 63.1 Å². The molecule has 3 heterocycles. The first-order chi connectivity index (χ1) is 11.2. The van der Waals surface area contributed by atoms with Crippen LogP contribution in [0.15, 0.2) is 30.2 Å². The molecule has 23 heavy (non-hydrogen) atoms. The molecule has 1 aliphatic heterocycles. The number of rotatable bonds is 6. The summed E-state index contributed by atoms with van der Waals surface area (Å²) in [5.74, 6) is 0.101. The van der Waals surface area contributed by atoms with E-state index in [0.29, 0.717) is 12.6 Å². The molecule has 1 aliphatic rings. The molecule has 0 spiro atoms. The quantitative estimate of drug-likeness (QED) is 0.877. The van der Waals surface area contributed by atoms with Gasteiger partial charge in [0, 0.05) is 10.9 Å². The lowest BCUT2D eigenvalue weighted by Crippen LogP contribution is -2.52. The van der Waals surface area contributed by atoms with E-state index >= 15 is 0 Å². The maximum atomic E-state index is 12.5. The molecule has 124 valence electrons. The summed E-state index contributed by atoms with van der Waals surface area (Å²) in [5.41, 5.74) is 0. The van der Waals surface area contributed by atoms with Crippen molar-refractivity contribution < 1.29 is 4.79 Å². The van der Waals surface area contributed by atoms with Crippen molar-refractivity contribution in [1.29, 1.82) is 0 Å². The number of aromatic nitrogens is 3. The summed E-state index contributed by atoms with van der Waals surface area (Å²) >= 11 is 1.67. The monoisotopic (exact) mass is 333 g/mol. The second-order valence-electron chi connectivity index (χ2n) is 5.98. The highest BCUT2D eigenvalue weighted by Gasteiger charge is 2.30. The summed E-state index contributed by atoms with van der Waals surface area (Å²) in [6.07, 6.45) is 6.76. The summed E-state index contributed by atoms with van der Waals surface area (Å²) in [6.45, 7) is 4.38. The molecular formula is C16H23N5OS. The summed E-state index contributed by atoms with van der Waals surface area (Å²) in [5, 5.41) is 9.29. The van der Waals surface area contributed by atoms with Gasteiger partial charge in [-0.2, -0.15) is 5.10 Å². The highest BCUT2D eigenvalue weighted by Crippen LogP contribution is 2.21. The van der Waals surface area contributed by atoms with Gasteiger partial charge < -0.3 is 5.32 Å². The fourth-order valence-electron chi connectivity index (χ4n) is 3.16. The molecule has 1 N–H and O–H groups in total. The lowest BCUT2D eigenvalue weighted by Gasteiger charge is -2.39. The van der Waals surface area contributed by atoms with Gasteiger partial charge in [0.2, 0.25) is 5.91 Å². The number of amides is 1. The van der Waals surface area contributed by atoms with Gasteiger partial charge in [-0.1, -0.05) is 12.5 Å². The third-order valence-corrected chi connectivity index (χ3v) is 5.31. The van der Waals surface area contributed by atoms with E-state index in [1.807, 2.05) is 29.1 Å². The third kappa shape index (κ3) is 4.17. The second-order valence-corrected chi connectivity index (χ2v) is 7.01. The molecule has 3 rings (SSSR count). The van der Waals surface area contributed by atoms with Gasteiger partial charge in [-0.25, -0.2) is 4.98 Å². The molecule has 0 radical (unpaired) electrons. The van der Waals surface area contributed by atoms with E-state index in [1.165, 1.54) is 11.3 Å². The zero-order valence-electron chi connectivity index (χ0n) is 13.4. The minimum atomic E-state index is -0.121. The summed E-state index contributed by atoms with van der Waals surface area (Å²) < 4.78 is 1.86. The van der Waals surface area contributed by atoms with E-state index in [2.05, 4.69) is 20.3 Å². The molecule has 6 nitrogen and oxygen atoms in total. The van der Waals surface area contributed by atoms with Crippen molar-refractivity contribution >= 4 is 17.2 Å². The number of likely N-dealkylation sites (tertiary alicyclic amines) is 1. The van der Waals surface area contributed by atoms with Gasteiger partial charge in [-0.15, -0.1) is 11.3 Å². The fourth-order valence-corrected chi connectivity index (χ4v) is 3.80.